The van der Waals surface area contributed by atoms with E-state index in [0.29, 0.717) is 0 Å². The Kier molecular flexibility index (Phi) is 4.59. The van der Waals surface area contributed by atoms with Crippen molar-refractivity contribution in [3.8, 4) is 0 Å². The maximum atomic E-state index is 6.02. The highest BCUT2D eigenvalue weighted by Crippen LogP contribution is 2.30. The van der Waals surface area contributed by atoms with Gasteiger partial charge in [-0.25, -0.2) is 4.98 Å². The van der Waals surface area contributed by atoms with Crippen LogP contribution < -0.4 is 10.6 Å². The van der Waals surface area contributed by atoms with E-state index < -0.39 is 0 Å². The minimum absolute atomic E-state index is 0.100. The monoisotopic (exact) mass is 268 g/mol. The van der Waals surface area contributed by atoms with E-state index in [-0.39, 0.29) is 6.04 Å². The molecule has 1 aromatic rings. The summed E-state index contributed by atoms with van der Waals surface area (Å²) in [5, 5.41) is 1.16. The van der Waals surface area contributed by atoms with Crippen LogP contribution in [0.25, 0.3) is 0 Å². The van der Waals surface area contributed by atoms with Crippen LogP contribution in [-0.4, -0.2) is 42.6 Å². The number of thiazole rings is 1. The van der Waals surface area contributed by atoms with Crippen LogP contribution in [0.15, 0.2) is 0 Å². The molecule has 1 aliphatic heterocycles. The quantitative estimate of drug-likeness (QED) is 0.905. The Hall–Kier alpha value is -0.650. The van der Waals surface area contributed by atoms with E-state index in [1.807, 2.05) is 6.92 Å². The van der Waals surface area contributed by atoms with Crippen molar-refractivity contribution >= 4 is 16.5 Å². The molecule has 0 saturated carbocycles. The van der Waals surface area contributed by atoms with E-state index in [9.17, 15) is 0 Å². The highest BCUT2D eigenvalue weighted by molar-refractivity contribution is 7.15. The minimum Gasteiger partial charge on any atom is -0.346 e. The first kappa shape index (κ1) is 13.8. The predicted octanol–water partition coefficient (Wildman–Crippen LogP) is 1.87. The van der Waals surface area contributed by atoms with Gasteiger partial charge in [0.25, 0.3) is 0 Å². The lowest BCUT2D eigenvalue weighted by Gasteiger charge is -2.33. The lowest BCUT2D eigenvalue weighted by molar-refractivity contribution is 0.271. The molecular weight excluding hydrogens is 244 g/mol. The Bertz CT molecular complexity index is 380. The Labute approximate surface area is 114 Å². The van der Waals surface area contributed by atoms with Gasteiger partial charge < -0.3 is 15.5 Å². The number of piperazine rings is 1. The van der Waals surface area contributed by atoms with Crippen molar-refractivity contribution in [3.05, 3.63) is 10.6 Å². The summed E-state index contributed by atoms with van der Waals surface area (Å²) in [5.41, 5.74) is 7.20. The maximum Gasteiger partial charge on any atom is 0.185 e. The number of nitrogens with two attached hydrogens (primary N) is 1. The van der Waals surface area contributed by atoms with Crippen molar-refractivity contribution in [2.45, 2.75) is 33.2 Å². The van der Waals surface area contributed by atoms with Crippen LogP contribution in [0.1, 0.15) is 37.4 Å². The second-order valence-corrected chi connectivity index (χ2v) is 5.88. The van der Waals surface area contributed by atoms with Gasteiger partial charge in [0, 0.05) is 37.1 Å². The average Bonchev–Trinajstić information content (AvgIpc) is 2.83. The zero-order valence-corrected chi connectivity index (χ0v) is 12.5. The second-order valence-electron chi connectivity index (χ2n) is 4.87. The molecule has 1 aliphatic rings. The SMILES string of the molecule is CCc1nc(N2CCN(CC)CC2)sc1C(C)N. The van der Waals surface area contributed by atoms with Crippen LogP contribution >= 0.6 is 11.3 Å². The Morgan fingerprint density at radius 1 is 1.28 bits per heavy atom. The van der Waals surface area contributed by atoms with Crippen LogP contribution in [0.3, 0.4) is 0 Å². The highest BCUT2D eigenvalue weighted by Gasteiger charge is 2.21. The molecule has 1 fully saturated rings. The summed E-state index contributed by atoms with van der Waals surface area (Å²) >= 11 is 1.78. The van der Waals surface area contributed by atoms with Crippen molar-refractivity contribution in [2.75, 3.05) is 37.6 Å². The summed E-state index contributed by atoms with van der Waals surface area (Å²) in [6.07, 6.45) is 0.975. The molecule has 4 nitrogen and oxygen atoms in total. The molecule has 1 saturated heterocycles. The predicted molar refractivity (Wildman–Crippen MR) is 78.4 cm³/mol. The first-order chi connectivity index (χ1) is 8.65. The Balaban J connectivity index is 2.10. The van der Waals surface area contributed by atoms with E-state index in [4.69, 9.17) is 10.7 Å². The summed E-state index contributed by atoms with van der Waals surface area (Å²) in [7, 11) is 0. The number of aryl methyl sites for hydroxylation is 1. The molecule has 2 heterocycles. The molecule has 0 aromatic carbocycles. The molecule has 0 spiro atoms. The fourth-order valence-corrected chi connectivity index (χ4v) is 3.51. The summed E-state index contributed by atoms with van der Waals surface area (Å²) in [6, 6.07) is 0.100. The molecule has 18 heavy (non-hydrogen) atoms. The fraction of sp³-hybridized carbons (Fsp3) is 0.769. The van der Waals surface area contributed by atoms with Gasteiger partial charge in [0.15, 0.2) is 5.13 Å². The largest absolute Gasteiger partial charge is 0.346 e. The van der Waals surface area contributed by atoms with Crippen molar-refractivity contribution < 1.29 is 0 Å². The molecular formula is C13H24N4S. The highest BCUT2D eigenvalue weighted by atomic mass is 32.1. The van der Waals surface area contributed by atoms with Crippen LogP contribution in [-0.2, 0) is 6.42 Å². The van der Waals surface area contributed by atoms with Gasteiger partial charge in [-0.15, -0.1) is 11.3 Å². The molecule has 1 atom stereocenters. The maximum absolute atomic E-state index is 6.02. The number of hydrogen-bond donors (Lipinski definition) is 1. The van der Waals surface area contributed by atoms with Crippen LogP contribution in [0.2, 0.25) is 0 Å². The third-order valence-corrected chi connectivity index (χ3v) is 4.91. The lowest BCUT2D eigenvalue weighted by atomic mass is 10.2. The third kappa shape index (κ3) is 2.84. The number of anilines is 1. The smallest absolute Gasteiger partial charge is 0.185 e. The van der Waals surface area contributed by atoms with Gasteiger partial charge in [0.1, 0.15) is 0 Å². The molecule has 1 unspecified atom stereocenters. The molecule has 0 aliphatic carbocycles. The molecule has 102 valence electrons. The molecule has 2 N–H and O–H groups in total. The van der Waals surface area contributed by atoms with Gasteiger partial charge >= 0.3 is 0 Å². The Morgan fingerprint density at radius 2 is 1.94 bits per heavy atom. The molecule has 0 radical (unpaired) electrons. The van der Waals surface area contributed by atoms with Crippen LogP contribution in [0.5, 0.6) is 0 Å². The molecule has 5 heteroatoms. The summed E-state index contributed by atoms with van der Waals surface area (Å²) in [5.74, 6) is 0. The topological polar surface area (TPSA) is 45.4 Å². The average molecular weight is 268 g/mol. The molecule has 0 amide bonds. The van der Waals surface area contributed by atoms with Crippen LogP contribution in [0, 0.1) is 0 Å². The second kappa shape index (κ2) is 5.99. The fourth-order valence-electron chi connectivity index (χ4n) is 2.35. The number of nitrogens with zero attached hydrogens (tertiary/aromatic N) is 3. The van der Waals surface area contributed by atoms with E-state index in [2.05, 4.69) is 23.6 Å². The van der Waals surface area contributed by atoms with Gasteiger partial charge in [0.2, 0.25) is 0 Å². The van der Waals surface area contributed by atoms with Gasteiger partial charge in [-0.1, -0.05) is 13.8 Å². The molecule has 2 rings (SSSR count). The third-order valence-electron chi connectivity index (χ3n) is 3.55. The van der Waals surface area contributed by atoms with E-state index in [0.717, 1.165) is 44.3 Å². The van der Waals surface area contributed by atoms with E-state index in [1.165, 1.54) is 10.6 Å². The minimum atomic E-state index is 0.100. The van der Waals surface area contributed by atoms with Crippen molar-refractivity contribution in [2.24, 2.45) is 5.73 Å². The summed E-state index contributed by atoms with van der Waals surface area (Å²) in [6.45, 7) is 12.0. The van der Waals surface area contributed by atoms with Gasteiger partial charge in [0.05, 0.1) is 5.69 Å². The Morgan fingerprint density at radius 3 is 2.39 bits per heavy atom. The number of aromatic nitrogens is 1. The van der Waals surface area contributed by atoms with Crippen LogP contribution in [0.4, 0.5) is 5.13 Å². The van der Waals surface area contributed by atoms with Crippen molar-refractivity contribution in [3.63, 3.8) is 0 Å². The van der Waals surface area contributed by atoms with E-state index >= 15 is 0 Å². The number of likely N-dealkylation sites (N-methyl/N-ethyl adjacent to an activating group) is 1. The summed E-state index contributed by atoms with van der Waals surface area (Å²) < 4.78 is 0. The lowest BCUT2D eigenvalue weighted by Crippen LogP contribution is -2.46. The summed E-state index contributed by atoms with van der Waals surface area (Å²) in [4.78, 5) is 10.9. The van der Waals surface area contributed by atoms with E-state index in [1.54, 1.807) is 11.3 Å². The first-order valence-corrected chi connectivity index (χ1v) is 7.69. The number of rotatable bonds is 4. The standard InChI is InChI=1S/C13H24N4S/c1-4-11-12(10(3)14)18-13(15-11)17-8-6-16(5-2)7-9-17/h10H,4-9,14H2,1-3H3. The molecule has 1 aromatic heterocycles. The zero-order valence-electron chi connectivity index (χ0n) is 11.6. The van der Waals surface area contributed by atoms with Gasteiger partial charge in [-0.2, -0.15) is 0 Å². The van der Waals surface area contributed by atoms with Crippen molar-refractivity contribution in [1.29, 1.82) is 0 Å². The number of hydrogen-bond acceptors (Lipinski definition) is 5. The normalized spacial score (nSPS) is 19.2. The van der Waals surface area contributed by atoms with Crippen molar-refractivity contribution in [1.82, 2.24) is 9.88 Å². The zero-order chi connectivity index (χ0) is 13.1. The van der Waals surface area contributed by atoms with Gasteiger partial charge in [-0.3, -0.25) is 0 Å². The van der Waals surface area contributed by atoms with Gasteiger partial charge in [-0.05, 0) is 19.9 Å². The molecule has 0 bridgehead atoms. The first-order valence-electron chi connectivity index (χ1n) is 6.88.